The average Bonchev–Trinajstić information content (AvgIpc) is 3.36. The number of nitrogens with one attached hydrogen (secondary N) is 1. The normalized spacial score (nSPS) is 15.0. The Morgan fingerprint density at radius 2 is 2.00 bits per heavy atom. The van der Waals surface area contributed by atoms with E-state index in [0.29, 0.717) is 42.0 Å². The van der Waals surface area contributed by atoms with E-state index in [-0.39, 0.29) is 5.91 Å². The number of ether oxygens (including phenoxy) is 2. The van der Waals surface area contributed by atoms with Crippen molar-refractivity contribution in [2.75, 3.05) is 19.1 Å². The van der Waals surface area contributed by atoms with Crippen LogP contribution in [0.4, 0.5) is 5.69 Å². The molecule has 0 saturated heterocycles. The summed E-state index contributed by atoms with van der Waals surface area (Å²) in [5, 5.41) is 2.97. The molecule has 1 aliphatic heterocycles. The van der Waals surface area contributed by atoms with E-state index in [1.807, 2.05) is 18.2 Å². The molecule has 0 aliphatic carbocycles. The Hall–Kier alpha value is -3.41. The summed E-state index contributed by atoms with van der Waals surface area (Å²) >= 11 is 0. The van der Waals surface area contributed by atoms with Gasteiger partial charge in [-0.15, -0.1) is 0 Å². The molecule has 6 heteroatoms. The van der Waals surface area contributed by atoms with Gasteiger partial charge in [-0.1, -0.05) is 18.2 Å². The maximum Gasteiger partial charge on any atom is 0.255 e. The number of carbonyl (C=O) groups is 1. The molecule has 30 heavy (non-hydrogen) atoms. The second-order valence-corrected chi connectivity index (χ2v) is 7.43. The van der Waals surface area contributed by atoms with Gasteiger partial charge in [-0.2, -0.15) is 0 Å². The van der Waals surface area contributed by atoms with Gasteiger partial charge in [0.1, 0.15) is 17.3 Å². The molecule has 0 spiro atoms. The van der Waals surface area contributed by atoms with E-state index in [1.54, 1.807) is 32.6 Å². The molecule has 156 valence electrons. The molecule has 2 heterocycles. The monoisotopic (exact) mass is 406 g/mol. The number of methoxy groups -OCH3 is 2. The van der Waals surface area contributed by atoms with Crippen LogP contribution in [0.25, 0.3) is 0 Å². The molecule has 0 saturated carbocycles. The summed E-state index contributed by atoms with van der Waals surface area (Å²) < 4.78 is 16.3. The van der Waals surface area contributed by atoms with Crippen LogP contribution in [0, 0.1) is 0 Å². The molecule has 4 rings (SSSR count). The third-order valence-electron chi connectivity index (χ3n) is 5.59. The number of nitrogens with zero attached hydrogens (tertiary/aromatic N) is 1. The van der Waals surface area contributed by atoms with E-state index in [4.69, 9.17) is 13.9 Å². The van der Waals surface area contributed by atoms with Gasteiger partial charge in [0, 0.05) is 29.9 Å². The zero-order chi connectivity index (χ0) is 21.1. The standard InChI is InChI=1S/C24H26N2O4/c1-16-12-17-6-4-5-7-21(17)26(16)15-23-20(10-11-30-23)24(27)25-14-18-8-9-19(28-2)13-22(18)29-3/h4-11,13,16H,12,14-15H2,1-3H3,(H,25,27). The summed E-state index contributed by atoms with van der Waals surface area (Å²) in [6.45, 7) is 3.10. The number of carbonyl (C=O) groups excluding carboxylic acids is 1. The number of furan rings is 1. The van der Waals surface area contributed by atoms with Gasteiger partial charge >= 0.3 is 0 Å². The average molecular weight is 406 g/mol. The minimum absolute atomic E-state index is 0.170. The van der Waals surface area contributed by atoms with Gasteiger partial charge in [-0.3, -0.25) is 4.79 Å². The summed E-state index contributed by atoms with van der Waals surface area (Å²) in [6.07, 6.45) is 2.57. The van der Waals surface area contributed by atoms with Crippen molar-refractivity contribution >= 4 is 11.6 Å². The highest BCUT2D eigenvalue weighted by molar-refractivity contribution is 5.95. The number of hydrogen-bond donors (Lipinski definition) is 1. The van der Waals surface area contributed by atoms with Gasteiger partial charge < -0.3 is 24.1 Å². The Bertz CT molecular complexity index is 1040. The first-order valence-electron chi connectivity index (χ1n) is 10.0. The van der Waals surface area contributed by atoms with E-state index in [2.05, 4.69) is 35.3 Å². The molecule has 1 atom stereocenters. The molecular weight excluding hydrogens is 380 g/mol. The zero-order valence-corrected chi connectivity index (χ0v) is 17.5. The number of amides is 1. The maximum absolute atomic E-state index is 12.9. The smallest absolute Gasteiger partial charge is 0.255 e. The molecule has 1 aromatic heterocycles. The van der Waals surface area contributed by atoms with Gasteiger partial charge in [0.05, 0.1) is 32.6 Å². The topological polar surface area (TPSA) is 63.9 Å². The van der Waals surface area contributed by atoms with Crippen LogP contribution in [0.15, 0.2) is 59.2 Å². The number of rotatable bonds is 7. The predicted octanol–water partition coefficient (Wildman–Crippen LogP) is 4.18. The largest absolute Gasteiger partial charge is 0.497 e. The van der Waals surface area contributed by atoms with Crippen LogP contribution in [0.5, 0.6) is 11.5 Å². The van der Waals surface area contributed by atoms with Crippen molar-refractivity contribution < 1.29 is 18.7 Å². The highest BCUT2D eigenvalue weighted by Crippen LogP contribution is 2.33. The summed E-state index contributed by atoms with van der Waals surface area (Å²) in [4.78, 5) is 15.2. The van der Waals surface area contributed by atoms with Crippen LogP contribution in [0.1, 0.15) is 34.2 Å². The van der Waals surface area contributed by atoms with Crippen LogP contribution in [0.3, 0.4) is 0 Å². The maximum atomic E-state index is 12.9. The summed E-state index contributed by atoms with van der Waals surface area (Å²) in [7, 11) is 3.21. The van der Waals surface area contributed by atoms with Gasteiger partial charge in [-0.05, 0) is 43.2 Å². The van der Waals surface area contributed by atoms with E-state index in [0.717, 1.165) is 12.0 Å². The molecular formula is C24H26N2O4. The molecule has 0 bridgehead atoms. The molecule has 0 fully saturated rings. The van der Waals surface area contributed by atoms with Crippen molar-refractivity contribution in [1.29, 1.82) is 0 Å². The fraction of sp³-hybridized carbons (Fsp3) is 0.292. The minimum Gasteiger partial charge on any atom is -0.497 e. The van der Waals surface area contributed by atoms with Crippen LogP contribution in [-0.2, 0) is 19.5 Å². The lowest BCUT2D eigenvalue weighted by Crippen LogP contribution is -2.30. The van der Waals surface area contributed by atoms with Gasteiger partial charge in [-0.25, -0.2) is 0 Å². The van der Waals surface area contributed by atoms with Crippen molar-refractivity contribution in [3.8, 4) is 11.5 Å². The van der Waals surface area contributed by atoms with Crippen molar-refractivity contribution in [1.82, 2.24) is 5.32 Å². The molecule has 1 N–H and O–H groups in total. The lowest BCUT2D eigenvalue weighted by molar-refractivity contribution is 0.0948. The fourth-order valence-electron chi connectivity index (χ4n) is 3.96. The second-order valence-electron chi connectivity index (χ2n) is 7.43. The first-order chi connectivity index (χ1) is 14.6. The third kappa shape index (κ3) is 3.85. The molecule has 3 aromatic rings. The first-order valence-corrected chi connectivity index (χ1v) is 10.0. The second kappa shape index (κ2) is 8.53. The van der Waals surface area contributed by atoms with Crippen LogP contribution in [0.2, 0.25) is 0 Å². The third-order valence-corrected chi connectivity index (χ3v) is 5.59. The van der Waals surface area contributed by atoms with Crippen molar-refractivity contribution in [2.24, 2.45) is 0 Å². The van der Waals surface area contributed by atoms with E-state index < -0.39 is 0 Å². The molecule has 0 radical (unpaired) electrons. The lowest BCUT2D eigenvalue weighted by Gasteiger charge is -2.24. The quantitative estimate of drug-likeness (QED) is 0.638. The zero-order valence-electron chi connectivity index (χ0n) is 17.5. The van der Waals surface area contributed by atoms with E-state index in [9.17, 15) is 4.79 Å². The first kappa shape index (κ1) is 19.9. The van der Waals surface area contributed by atoms with Crippen LogP contribution >= 0.6 is 0 Å². The Morgan fingerprint density at radius 3 is 2.80 bits per heavy atom. The number of fused-ring (bicyclic) bond motifs is 1. The van der Waals surface area contributed by atoms with Crippen LogP contribution < -0.4 is 19.7 Å². The van der Waals surface area contributed by atoms with E-state index >= 15 is 0 Å². The Morgan fingerprint density at radius 1 is 1.17 bits per heavy atom. The van der Waals surface area contributed by atoms with Gasteiger partial charge in [0.15, 0.2) is 0 Å². The minimum atomic E-state index is -0.170. The number of para-hydroxylation sites is 1. The van der Waals surface area contributed by atoms with Crippen molar-refractivity contribution in [3.63, 3.8) is 0 Å². The predicted molar refractivity (Wildman–Crippen MR) is 115 cm³/mol. The summed E-state index contributed by atoms with van der Waals surface area (Å²) in [6, 6.07) is 16.0. The van der Waals surface area contributed by atoms with Crippen LogP contribution in [-0.4, -0.2) is 26.2 Å². The summed E-state index contributed by atoms with van der Waals surface area (Å²) in [5.74, 6) is 1.87. The highest BCUT2D eigenvalue weighted by atomic mass is 16.5. The van der Waals surface area contributed by atoms with Gasteiger partial charge in [0.25, 0.3) is 5.91 Å². The number of hydrogen-bond acceptors (Lipinski definition) is 5. The molecule has 1 amide bonds. The fourth-order valence-corrected chi connectivity index (χ4v) is 3.96. The molecule has 1 unspecified atom stereocenters. The van der Waals surface area contributed by atoms with E-state index in [1.165, 1.54) is 11.3 Å². The Kier molecular flexibility index (Phi) is 5.65. The summed E-state index contributed by atoms with van der Waals surface area (Å²) in [5.41, 5.74) is 3.96. The molecule has 2 aromatic carbocycles. The van der Waals surface area contributed by atoms with Gasteiger partial charge in [0.2, 0.25) is 0 Å². The Labute approximate surface area is 176 Å². The SMILES string of the molecule is COc1ccc(CNC(=O)c2ccoc2CN2c3ccccc3CC2C)c(OC)c1. The highest BCUT2D eigenvalue weighted by Gasteiger charge is 2.28. The number of benzene rings is 2. The molecule has 6 nitrogen and oxygen atoms in total. The lowest BCUT2D eigenvalue weighted by atomic mass is 10.1. The van der Waals surface area contributed by atoms with Crippen molar-refractivity contribution in [2.45, 2.75) is 32.5 Å². The number of anilines is 1. The molecule has 1 aliphatic rings. The Balaban J connectivity index is 1.47. The van der Waals surface area contributed by atoms with Crippen molar-refractivity contribution in [3.05, 3.63) is 77.2 Å².